The summed E-state index contributed by atoms with van der Waals surface area (Å²) in [6.45, 7) is 11.0. The average Bonchev–Trinajstić information content (AvgIpc) is 2.63. The average molecular weight is 234 g/mol. The minimum atomic E-state index is 0.0224. The van der Waals surface area contributed by atoms with Gasteiger partial charge in [0.25, 0.3) is 0 Å². The van der Waals surface area contributed by atoms with Crippen molar-refractivity contribution in [2.75, 3.05) is 0 Å². The molecule has 1 aromatic rings. The minimum Gasteiger partial charge on any atom is -0.207 e. The Morgan fingerprint density at radius 2 is 1.71 bits per heavy atom. The summed E-state index contributed by atoms with van der Waals surface area (Å²) in [5, 5.41) is 0. The highest BCUT2D eigenvalue weighted by atomic mass is 19.1. The van der Waals surface area contributed by atoms with Crippen molar-refractivity contribution in [3.8, 4) is 0 Å². The molecule has 0 fully saturated rings. The van der Waals surface area contributed by atoms with Gasteiger partial charge in [0, 0.05) is 0 Å². The van der Waals surface area contributed by atoms with E-state index < -0.39 is 0 Å². The minimum absolute atomic E-state index is 0.0224. The van der Waals surface area contributed by atoms with Gasteiger partial charge in [0.2, 0.25) is 0 Å². The Bertz CT molecular complexity index is 436. The van der Waals surface area contributed by atoms with Gasteiger partial charge in [-0.25, -0.2) is 4.39 Å². The van der Waals surface area contributed by atoms with Crippen molar-refractivity contribution >= 4 is 0 Å². The Hall–Kier alpha value is -0.850. The Labute approximate surface area is 104 Å². The van der Waals surface area contributed by atoms with Gasteiger partial charge in [-0.15, -0.1) is 0 Å². The van der Waals surface area contributed by atoms with Crippen LogP contribution in [-0.4, -0.2) is 0 Å². The van der Waals surface area contributed by atoms with Crippen LogP contribution < -0.4 is 0 Å². The molecule has 1 aromatic carbocycles. The second-order valence-electron chi connectivity index (χ2n) is 6.54. The lowest BCUT2D eigenvalue weighted by Gasteiger charge is -2.28. The van der Waals surface area contributed by atoms with Gasteiger partial charge in [-0.1, -0.05) is 34.6 Å². The van der Waals surface area contributed by atoms with Gasteiger partial charge in [-0.05, 0) is 58.9 Å². The zero-order chi connectivity index (χ0) is 12.8. The van der Waals surface area contributed by atoms with E-state index in [1.807, 2.05) is 0 Å². The third-order valence-corrected chi connectivity index (χ3v) is 3.75. The highest BCUT2D eigenvalue weighted by molar-refractivity contribution is 5.49. The molecule has 0 aliphatic heterocycles. The molecule has 0 unspecified atom stereocenters. The monoisotopic (exact) mass is 234 g/mol. The summed E-state index contributed by atoms with van der Waals surface area (Å²) in [6.07, 6.45) is 3.08. The highest BCUT2D eigenvalue weighted by Gasteiger charge is 2.29. The van der Waals surface area contributed by atoms with Crippen LogP contribution in [0.1, 0.15) is 69.2 Å². The maximum Gasteiger partial charge on any atom is 0.126 e. The first-order valence-electron chi connectivity index (χ1n) is 6.67. The fourth-order valence-electron chi connectivity index (χ4n) is 3.09. The van der Waals surface area contributed by atoms with E-state index in [1.54, 1.807) is 6.07 Å². The van der Waals surface area contributed by atoms with Crippen molar-refractivity contribution in [1.82, 2.24) is 0 Å². The van der Waals surface area contributed by atoms with Crippen molar-refractivity contribution in [2.45, 2.75) is 65.2 Å². The van der Waals surface area contributed by atoms with Crippen molar-refractivity contribution in [1.29, 1.82) is 0 Å². The van der Waals surface area contributed by atoms with Gasteiger partial charge < -0.3 is 0 Å². The summed E-state index contributed by atoms with van der Waals surface area (Å²) < 4.78 is 14.1. The van der Waals surface area contributed by atoms with Crippen LogP contribution >= 0.6 is 0 Å². The molecule has 0 nitrogen and oxygen atoms in total. The predicted molar refractivity (Wildman–Crippen MR) is 71.2 cm³/mol. The fourth-order valence-corrected chi connectivity index (χ4v) is 3.09. The quantitative estimate of drug-likeness (QED) is 0.658. The second kappa shape index (κ2) is 4.12. The number of benzene rings is 1. The third kappa shape index (κ3) is 2.12. The van der Waals surface area contributed by atoms with Gasteiger partial charge in [0.15, 0.2) is 0 Å². The summed E-state index contributed by atoms with van der Waals surface area (Å²) in [7, 11) is 0. The molecular formula is C16H23F. The Kier molecular flexibility index (Phi) is 3.05. The first-order chi connectivity index (χ1) is 7.82. The topological polar surface area (TPSA) is 0 Å². The van der Waals surface area contributed by atoms with Gasteiger partial charge in [-0.2, -0.15) is 0 Å². The van der Waals surface area contributed by atoms with E-state index in [-0.39, 0.29) is 11.2 Å². The molecule has 0 aromatic heterocycles. The summed E-state index contributed by atoms with van der Waals surface area (Å²) in [6, 6.07) is 1.79. The molecule has 0 saturated carbocycles. The molecule has 2 rings (SSSR count). The number of hydrogen-bond acceptors (Lipinski definition) is 0. The van der Waals surface area contributed by atoms with E-state index >= 15 is 0 Å². The molecule has 17 heavy (non-hydrogen) atoms. The lowest BCUT2D eigenvalue weighted by Crippen LogP contribution is -2.19. The summed E-state index contributed by atoms with van der Waals surface area (Å²) in [5.74, 6) is 0.416. The molecular weight excluding hydrogens is 211 g/mol. The lowest BCUT2D eigenvalue weighted by atomic mass is 9.77. The summed E-state index contributed by atoms with van der Waals surface area (Å²) >= 11 is 0. The third-order valence-electron chi connectivity index (χ3n) is 3.75. The molecule has 1 heteroatoms. The largest absolute Gasteiger partial charge is 0.207 e. The molecule has 94 valence electrons. The molecule has 0 spiro atoms. The summed E-state index contributed by atoms with van der Waals surface area (Å²) in [5.41, 5.74) is 5.01. The van der Waals surface area contributed by atoms with E-state index in [9.17, 15) is 4.39 Å². The maximum absolute atomic E-state index is 14.1. The normalized spacial score (nSPS) is 15.5. The van der Waals surface area contributed by atoms with E-state index in [4.69, 9.17) is 0 Å². The molecule has 1 aliphatic rings. The van der Waals surface area contributed by atoms with Gasteiger partial charge in [0.1, 0.15) is 5.82 Å². The van der Waals surface area contributed by atoms with Crippen LogP contribution in [0.3, 0.4) is 0 Å². The molecule has 0 bridgehead atoms. The standard InChI is InChI=1S/C16H23F/c1-10(2)13-9-14(17)11-7-6-8-12(11)15(13)16(3,4)5/h9-10H,6-8H2,1-5H3. The molecule has 0 atom stereocenters. The van der Waals surface area contributed by atoms with Crippen molar-refractivity contribution < 1.29 is 4.39 Å². The lowest BCUT2D eigenvalue weighted by molar-refractivity contribution is 0.559. The molecule has 0 N–H and O–H groups in total. The first kappa shape index (κ1) is 12.6. The van der Waals surface area contributed by atoms with Crippen LogP contribution in [0.5, 0.6) is 0 Å². The van der Waals surface area contributed by atoms with Gasteiger partial charge in [-0.3, -0.25) is 0 Å². The predicted octanol–water partition coefficient (Wildman–Crippen LogP) is 4.74. The fraction of sp³-hybridized carbons (Fsp3) is 0.625. The van der Waals surface area contributed by atoms with Crippen molar-refractivity contribution in [3.63, 3.8) is 0 Å². The smallest absolute Gasteiger partial charge is 0.126 e. The molecule has 0 amide bonds. The van der Waals surface area contributed by atoms with Gasteiger partial charge >= 0.3 is 0 Å². The van der Waals surface area contributed by atoms with Crippen LogP contribution in [0.15, 0.2) is 6.07 Å². The Morgan fingerprint density at radius 3 is 2.24 bits per heavy atom. The van der Waals surface area contributed by atoms with E-state index in [2.05, 4.69) is 34.6 Å². The molecule has 0 saturated heterocycles. The van der Waals surface area contributed by atoms with Crippen molar-refractivity contribution in [3.05, 3.63) is 34.1 Å². The van der Waals surface area contributed by atoms with Crippen LogP contribution in [0, 0.1) is 5.82 Å². The second-order valence-corrected chi connectivity index (χ2v) is 6.54. The number of rotatable bonds is 1. The first-order valence-corrected chi connectivity index (χ1v) is 6.67. The number of halogens is 1. The molecule has 0 heterocycles. The Morgan fingerprint density at radius 1 is 1.12 bits per heavy atom. The zero-order valence-corrected chi connectivity index (χ0v) is 11.7. The molecule has 0 radical (unpaired) electrons. The van der Waals surface area contributed by atoms with E-state index in [1.165, 1.54) is 16.7 Å². The highest BCUT2D eigenvalue weighted by Crippen LogP contribution is 2.39. The van der Waals surface area contributed by atoms with Crippen LogP contribution in [0.4, 0.5) is 4.39 Å². The number of hydrogen-bond donors (Lipinski definition) is 0. The SMILES string of the molecule is CC(C)c1cc(F)c2c(c1C(C)(C)C)CCC2. The van der Waals surface area contributed by atoms with Crippen LogP contribution in [-0.2, 0) is 18.3 Å². The zero-order valence-electron chi connectivity index (χ0n) is 11.7. The number of fused-ring (bicyclic) bond motifs is 1. The van der Waals surface area contributed by atoms with Crippen molar-refractivity contribution in [2.24, 2.45) is 0 Å². The molecule has 1 aliphatic carbocycles. The van der Waals surface area contributed by atoms with E-state index in [0.717, 1.165) is 24.8 Å². The Balaban J connectivity index is 2.73. The summed E-state index contributed by atoms with van der Waals surface area (Å²) in [4.78, 5) is 0. The van der Waals surface area contributed by atoms with E-state index in [0.29, 0.717) is 5.92 Å². The maximum atomic E-state index is 14.1. The van der Waals surface area contributed by atoms with Gasteiger partial charge in [0.05, 0.1) is 0 Å². The van der Waals surface area contributed by atoms with Crippen LogP contribution in [0.25, 0.3) is 0 Å². The van der Waals surface area contributed by atoms with Crippen LogP contribution in [0.2, 0.25) is 0 Å².